The van der Waals surface area contributed by atoms with Gasteiger partial charge in [-0.15, -0.1) is 11.8 Å². The Labute approximate surface area is 115 Å². The highest BCUT2D eigenvalue weighted by Crippen LogP contribution is 2.32. The number of rotatable bonds is 4. The summed E-state index contributed by atoms with van der Waals surface area (Å²) in [6.45, 7) is 0. The van der Waals surface area contributed by atoms with E-state index in [1.54, 1.807) is 6.07 Å². The number of nitrogens with zero attached hydrogens (tertiary/aromatic N) is 1. The van der Waals surface area contributed by atoms with Gasteiger partial charge in [0, 0.05) is 4.90 Å². The molecular formula is C13H13N3O2S. The average Bonchev–Trinajstić information content (AvgIpc) is 2.41. The van der Waals surface area contributed by atoms with Crippen LogP contribution in [-0.4, -0.2) is 17.1 Å². The molecule has 98 valence electrons. The first-order chi connectivity index (χ1) is 9.11. The Kier molecular flexibility index (Phi) is 3.91. The Morgan fingerprint density at radius 3 is 2.79 bits per heavy atom. The quantitative estimate of drug-likeness (QED) is 0.835. The molecule has 0 aliphatic carbocycles. The lowest BCUT2D eigenvalue weighted by Crippen LogP contribution is -2.13. The second-order valence-corrected chi connectivity index (χ2v) is 4.59. The molecule has 1 aromatic heterocycles. The van der Waals surface area contributed by atoms with E-state index in [1.165, 1.54) is 24.0 Å². The Balaban J connectivity index is 2.41. The van der Waals surface area contributed by atoms with Gasteiger partial charge in [-0.05, 0) is 24.5 Å². The SMILES string of the molecule is CSc1ccccc1Oc1ncc(N)cc1C(N)=O. The number of anilines is 1. The Morgan fingerprint density at radius 2 is 2.11 bits per heavy atom. The molecule has 2 rings (SSSR count). The van der Waals surface area contributed by atoms with Gasteiger partial charge in [-0.3, -0.25) is 4.79 Å². The number of ether oxygens (including phenoxy) is 1. The number of nitrogen functional groups attached to an aromatic ring is 1. The molecule has 1 amide bonds. The molecule has 0 atom stereocenters. The van der Waals surface area contributed by atoms with Crippen LogP contribution in [0.5, 0.6) is 11.6 Å². The second kappa shape index (κ2) is 5.62. The maximum Gasteiger partial charge on any atom is 0.254 e. The minimum Gasteiger partial charge on any atom is -0.437 e. The van der Waals surface area contributed by atoms with Crippen LogP contribution < -0.4 is 16.2 Å². The van der Waals surface area contributed by atoms with Crippen LogP contribution in [0.2, 0.25) is 0 Å². The highest BCUT2D eigenvalue weighted by atomic mass is 32.2. The van der Waals surface area contributed by atoms with Crippen molar-refractivity contribution in [2.24, 2.45) is 5.73 Å². The van der Waals surface area contributed by atoms with Crippen LogP contribution in [-0.2, 0) is 0 Å². The molecule has 4 N–H and O–H groups in total. The molecule has 6 heteroatoms. The zero-order valence-corrected chi connectivity index (χ0v) is 11.1. The predicted octanol–water partition coefficient (Wildman–Crippen LogP) is 2.28. The molecule has 5 nitrogen and oxygen atoms in total. The third-order valence-corrected chi connectivity index (χ3v) is 3.19. The van der Waals surface area contributed by atoms with Crippen molar-refractivity contribution >= 4 is 23.4 Å². The van der Waals surface area contributed by atoms with E-state index >= 15 is 0 Å². The third-order valence-electron chi connectivity index (χ3n) is 2.41. The van der Waals surface area contributed by atoms with Gasteiger partial charge in [0.25, 0.3) is 5.91 Å². The summed E-state index contributed by atoms with van der Waals surface area (Å²) in [5.74, 6) is 0.148. The number of carbonyl (C=O) groups is 1. The largest absolute Gasteiger partial charge is 0.437 e. The summed E-state index contributed by atoms with van der Waals surface area (Å²) in [6.07, 6.45) is 3.36. The fourth-order valence-corrected chi connectivity index (χ4v) is 2.06. The monoisotopic (exact) mass is 275 g/mol. The maximum atomic E-state index is 11.4. The first kappa shape index (κ1) is 13.2. The van der Waals surface area contributed by atoms with Gasteiger partial charge in [0.15, 0.2) is 0 Å². The number of para-hydroxylation sites is 1. The van der Waals surface area contributed by atoms with Crippen LogP contribution in [0.1, 0.15) is 10.4 Å². The summed E-state index contributed by atoms with van der Waals surface area (Å²) in [5, 5.41) is 0. The van der Waals surface area contributed by atoms with Crippen molar-refractivity contribution < 1.29 is 9.53 Å². The first-order valence-corrected chi connectivity index (χ1v) is 6.70. The predicted molar refractivity (Wildman–Crippen MR) is 75.5 cm³/mol. The van der Waals surface area contributed by atoms with Crippen LogP contribution in [0.25, 0.3) is 0 Å². The van der Waals surface area contributed by atoms with Gasteiger partial charge in [-0.1, -0.05) is 12.1 Å². The summed E-state index contributed by atoms with van der Waals surface area (Å²) >= 11 is 1.54. The van der Waals surface area contributed by atoms with Gasteiger partial charge < -0.3 is 16.2 Å². The second-order valence-electron chi connectivity index (χ2n) is 3.74. The van der Waals surface area contributed by atoms with Gasteiger partial charge in [-0.25, -0.2) is 4.98 Å². The van der Waals surface area contributed by atoms with E-state index in [1.807, 2.05) is 24.5 Å². The highest BCUT2D eigenvalue weighted by molar-refractivity contribution is 7.98. The van der Waals surface area contributed by atoms with Gasteiger partial charge in [0.2, 0.25) is 5.88 Å². The summed E-state index contributed by atoms with van der Waals surface area (Å²) in [6, 6.07) is 8.92. The van der Waals surface area contributed by atoms with E-state index in [-0.39, 0.29) is 11.4 Å². The molecule has 0 saturated carbocycles. The fourth-order valence-electron chi connectivity index (χ4n) is 1.53. The third kappa shape index (κ3) is 2.97. The number of nitrogens with two attached hydrogens (primary N) is 2. The first-order valence-electron chi connectivity index (χ1n) is 5.48. The molecule has 2 aromatic rings. The van der Waals surface area contributed by atoms with E-state index in [0.29, 0.717) is 11.4 Å². The number of pyridine rings is 1. The van der Waals surface area contributed by atoms with E-state index in [2.05, 4.69) is 4.98 Å². The van der Waals surface area contributed by atoms with Crippen LogP contribution in [0.4, 0.5) is 5.69 Å². The van der Waals surface area contributed by atoms with Crippen LogP contribution in [0.3, 0.4) is 0 Å². The molecule has 0 fully saturated rings. The van der Waals surface area contributed by atoms with Crippen molar-refractivity contribution in [3.63, 3.8) is 0 Å². The van der Waals surface area contributed by atoms with Crippen molar-refractivity contribution in [2.45, 2.75) is 4.90 Å². The van der Waals surface area contributed by atoms with E-state index < -0.39 is 5.91 Å². The summed E-state index contributed by atoms with van der Waals surface area (Å²) in [4.78, 5) is 16.3. The van der Waals surface area contributed by atoms with Gasteiger partial charge >= 0.3 is 0 Å². The van der Waals surface area contributed by atoms with Crippen molar-refractivity contribution in [2.75, 3.05) is 12.0 Å². The molecule has 19 heavy (non-hydrogen) atoms. The molecule has 0 aliphatic rings. The standard InChI is InChI=1S/C13H13N3O2S/c1-19-11-5-3-2-4-10(11)18-13-9(12(15)17)6-8(14)7-16-13/h2-7H,14H2,1H3,(H2,15,17). The molecule has 0 saturated heterocycles. The summed E-state index contributed by atoms with van der Waals surface area (Å²) < 4.78 is 5.66. The molecule has 0 bridgehead atoms. The van der Waals surface area contributed by atoms with Crippen molar-refractivity contribution in [3.8, 4) is 11.6 Å². The molecule has 0 unspecified atom stereocenters. The van der Waals surface area contributed by atoms with Crippen molar-refractivity contribution in [1.29, 1.82) is 0 Å². The topological polar surface area (TPSA) is 91.2 Å². The molecular weight excluding hydrogens is 262 g/mol. The number of primary amides is 1. The van der Waals surface area contributed by atoms with Crippen LogP contribution in [0.15, 0.2) is 41.4 Å². The maximum absolute atomic E-state index is 11.4. The van der Waals surface area contributed by atoms with Crippen molar-refractivity contribution in [1.82, 2.24) is 4.98 Å². The number of carbonyl (C=O) groups excluding carboxylic acids is 1. The smallest absolute Gasteiger partial charge is 0.254 e. The lowest BCUT2D eigenvalue weighted by Gasteiger charge is -2.11. The van der Waals surface area contributed by atoms with E-state index in [9.17, 15) is 4.79 Å². The van der Waals surface area contributed by atoms with E-state index in [0.717, 1.165) is 4.90 Å². The summed E-state index contributed by atoms with van der Waals surface area (Å²) in [5.41, 5.74) is 11.4. The molecule has 0 radical (unpaired) electrons. The lowest BCUT2D eigenvalue weighted by molar-refractivity contribution is 0.0997. The number of hydrogen-bond acceptors (Lipinski definition) is 5. The lowest BCUT2D eigenvalue weighted by atomic mass is 10.2. The molecule has 0 aliphatic heterocycles. The Hall–Kier alpha value is -2.21. The Morgan fingerprint density at radius 1 is 1.37 bits per heavy atom. The number of benzene rings is 1. The minimum atomic E-state index is -0.628. The van der Waals surface area contributed by atoms with Crippen molar-refractivity contribution in [3.05, 3.63) is 42.1 Å². The fraction of sp³-hybridized carbons (Fsp3) is 0.0769. The Bertz CT molecular complexity index is 617. The van der Waals surface area contributed by atoms with Crippen LogP contribution >= 0.6 is 11.8 Å². The average molecular weight is 275 g/mol. The number of hydrogen-bond donors (Lipinski definition) is 2. The van der Waals surface area contributed by atoms with Crippen LogP contribution in [0, 0.1) is 0 Å². The number of aromatic nitrogens is 1. The highest BCUT2D eigenvalue weighted by Gasteiger charge is 2.13. The van der Waals surface area contributed by atoms with Gasteiger partial charge in [0.05, 0.1) is 11.9 Å². The normalized spacial score (nSPS) is 10.2. The number of amides is 1. The zero-order chi connectivity index (χ0) is 13.8. The minimum absolute atomic E-state index is 0.156. The summed E-state index contributed by atoms with van der Waals surface area (Å²) in [7, 11) is 0. The molecule has 1 heterocycles. The zero-order valence-electron chi connectivity index (χ0n) is 10.3. The van der Waals surface area contributed by atoms with Gasteiger partial charge in [-0.2, -0.15) is 0 Å². The van der Waals surface area contributed by atoms with Gasteiger partial charge in [0.1, 0.15) is 11.3 Å². The number of thioether (sulfide) groups is 1. The molecule has 0 spiro atoms. The molecule has 1 aromatic carbocycles. The van der Waals surface area contributed by atoms with E-state index in [4.69, 9.17) is 16.2 Å².